The van der Waals surface area contributed by atoms with Crippen molar-refractivity contribution in [3.05, 3.63) is 0 Å². The smallest absolute Gasteiger partial charge is 0.313 e. The summed E-state index contributed by atoms with van der Waals surface area (Å²) < 4.78 is 6.90. The van der Waals surface area contributed by atoms with E-state index in [1.54, 1.807) is 7.11 Å². The Bertz CT molecular complexity index is 422. The average molecular weight is 288 g/mol. The molecule has 1 aromatic rings. The minimum absolute atomic E-state index is 0.0221. The summed E-state index contributed by atoms with van der Waals surface area (Å²) in [7, 11) is 3.49. The minimum atomic E-state index is -0.866. The van der Waals surface area contributed by atoms with E-state index in [-0.39, 0.29) is 11.8 Å². The first-order valence-electron chi connectivity index (χ1n) is 5.97. The second-order valence-electron chi connectivity index (χ2n) is 4.30. The topological polar surface area (TPSA) is 80.5 Å². The van der Waals surface area contributed by atoms with Crippen LogP contribution in [-0.2, 0) is 16.6 Å². The number of hydrogen-bond acceptors (Lipinski definition) is 6. The maximum atomic E-state index is 10.6. The molecule has 0 aliphatic heterocycles. The molecule has 7 nitrogen and oxygen atoms in total. The maximum Gasteiger partial charge on any atom is 0.313 e. The van der Waals surface area contributed by atoms with E-state index in [2.05, 4.69) is 28.9 Å². The normalized spacial score (nSPS) is 11.0. The van der Waals surface area contributed by atoms with Crippen LogP contribution in [0.1, 0.15) is 13.8 Å². The van der Waals surface area contributed by atoms with Crippen molar-refractivity contribution in [1.29, 1.82) is 0 Å². The molecule has 1 rings (SSSR count). The highest BCUT2D eigenvalue weighted by Gasteiger charge is 2.18. The van der Waals surface area contributed by atoms with Crippen LogP contribution in [0.25, 0.3) is 0 Å². The highest BCUT2D eigenvalue weighted by atomic mass is 32.2. The summed E-state index contributed by atoms with van der Waals surface area (Å²) in [5, 5.41) is 17.4. The van der Waals surface area contributed by atoms with Gasteiger partial charge in [0.25, 0.3) is 0 Å². The number of ether oxygens (including phenoxy) is 1. The van der Waals surface area contributed by atoms with Crippen molar-refractivity contribution in [3.63, 3.8) is 0 Å². The van der Waals surface area contributed by atoms with E-state index < -0.39 is 5.97 Å². The predicted molar refractivity (Wildman–Crippen MR) is 73.7 cm³/mol. The Labute approximate surface area is 116 Å². The number of methoxy groups -OCH3 is 1. The van der Waals surface area contributed by atoms with Crippen molar-refractivity contribution in [1.82, 2.24) is 14.8 Å². The number of carboxylic acid groups (broad SMARTS) is 1. The SMILES string of the molecule is COCCN(c1nnc(SCC(=O)O)n1C)C(C)C. The number of nitrogens with zero attached hydrogens (tertiary/aromatic N) is 4. The monoisotopic (exact) mass is 288 g/mol. The molecule has 0 radical (unpaired) electrons. The van der Waals surface area contributed by atoms with Gasteiger partial charge in [-0.15, -0.1) is 10.2 Å². The van der Waals surface area contributed by atoms with E-state index in [0.717, 1.165) is 17.7 Å². The molecule has 0 bridgehead atoms. The molecule has 0 spiro atoms. The number of aromatic nitrogens is 3. The Hall–Kier alpha value is -1.28. The fourth-order valence-electron chi connectivity index (χ4n) is 1.59. The van der Waals surface area contributed by atoms with Crippen molar-refractivity contribution in [3.8, 4) is 0 Å². The Kier molecular flexibility index (Phi) is 6.10. The Morgan fingerprint density at radius 3 is 2.74 bits per heavy atom. The van der Waals surface area contributed by atoms with Crippen molar-refractivity contribution in [2.24, 2.45) is 7.05 Å². The zero-order valence-electron chi connectivity index (χ0n) is 11.7. The summed E-state index contributed by atoms with van der Waals surface area (Å²) in [6, 6.07) is 0.260. The highest BCUT2D eigenvalue weighted by molar-refractivity contribution is 7.99. The maximum absolute atomic E-state index is 10.6. The quantitative estimate of drug-likeness (QED) is 0.710. The lowest BCUT2D eigenvalue weighted by atomic mass is 10.3. The molecule has 0 saturated heterocycles. The van der Waals surface area contributed by atoms with Crippen LogP contribution in [-0.4, -0.2) is 57.9 Å². The van der Waals surface area contributed by atoms with Crippen LogP contribution in [0.2, 0.25) is 0 Å². The number of hydrogen-bond donors (Lipinski definition) is 1. The van der Waals surface area contributed by atoms with Crippen LogP contribution < -0.4 is 4.90 Å². The van der Waals surface area contributed by atoms with Gasteiger partial charge in [0, 0.05) is 26.7 Å². The van der Waals surface area contributed by atoms with Crippen LogP contribution >= 0.6 is 11.8 Å². The number of anilines is 1. The van der Waals surface area contributed by atoms with Crippen LogP contribution in [0, 0.1) is 0 Å². The number of carbonyl (C=O) groups is 1. The van der Waals surface area contributed by atoms with Gasteiger partial charge in [-0.1, -0.05) is 11.8 Å². The molecule has 1 heterocycles. The molecule has 0 saturated carbocycles. The average Bonchev–Trinajstić information content (AvgIpc) is 2.69. The number of rotatable bonds is 8. The molecule has 1 N–H and O–H groups in total. The first kappa shape index (κ1) is 15.8. The first-order chi connectivity index (χ1) is 8.97. The van der Waals surface area contributed by atoms with E-state index in [4.69, 9.17) is 9.84 Å². The number of thioether (sulfide) groups is 1. The number of carboxylic acids is 1. The highest BCUT2D eigenvalue weighted by Crippen LogP contribution is 2.21. The van der Waals surface area contributed by atoms with Gasteiger partial charge >= 0.3 is 5.97 Å². The van der Waals surface area contributed by atoms with Crippen LogP contribution in [0.4, 0.5) is 5.95 Å². The molecular formula is C11H20N4O3S. The van der Waals surface area contributed by atoms with E-state index in [0.29, 0.717) is 18.3 Å². The van der Waals surface area contributed by atoms with Gasteiger partial charge in [0.1, 0.15) is 0 Å². The van der Waals surface area contributed by atoms with Gasteiger partial charge in [-0.2, -0.15) is 0 Å². The van der Waals surface area contributed by atoms with Gasteiger partial charge in [-0.3, -0.25) is 9.36 Å². The van der Waals surface area contributed by atoms with E-state index in [9.17, 15) is 4.79 Å². The fraction of sp³-hybridized carbons (Fsp3) is 0.727. The van der Waals surface area contributed by atoms with Gasteiger partial charge in [-0.25, -0.2) is 0 Å². The van der Waals surface area contributed by atoms with Crippen LogP contribution in [0.3, 0.4) is 0 Å². The largest absolute Gasteiger partial charge is 0.481 e. The molecule has 108 valence electrons. The molecule has 0 amide bonds. The molecule has 0 fully saturated rings. The van der Waals surface area contributed by atoms with Crippen LogP contribution in [0.5, 0.6) is 0 Å². The summed E-state index contributed by atoms with van der Waals surface area (Å²) in [6.45, 7) is 5.44. The third-order valence-electron chi connectivity index (χ3n) is 2.55. The van der Waals surface area contributed by atoms with Crippen molar-refractivity contribution in [2.75, 3.05) is 30.9 Å². The second-order valence-corrected chi connectivity index (χ2v) is 5.25. The minimum Gasteiger partial charge on any atom is -0.481 e. The van der Waals surface area contributed by atoms with Crippen molar-refractivity contribution in [2.45, 2.75) is 25.0 Å². The summed E-state index contributed by atoms with van der Waals surface area (Å²) >= 11 is 1.16. The Balaban J connectivity index is 2.83. The first-order valence-corrected chi connectivity index (χ1v) is 6.95. The van der Waals surface area contributed by atoms with Gasteiger partial charge in [0.05, 0.1) is 12.4 Å². The lowest BCUT2D eigenvalue weighted by Crippen LogP contribution is -2.35. The molecular weight excluding hydrogens is 268 g/mol. The molecule has 0 aliphatic carbocycles. The van der Waals surface area contributed by atoms with Crippen molar-refractivity contribution < 1.29 is 14.6 Å². The van der Waals surface area contributed by atoms with E-state index in [1.165, 1.54) is 0 Å². The van der Waals surface area contributed by atoms with E-state index >= 15 is 0 Å². The third kappa shape index (κ3) is 4.39. The fourth-order valence-corrected chi connectivity index (χ4v) is 2.21. The summed E-state index contributed by atoms with van der Waals surface area (Å²) in [4.78, 5) is 12.6. The third-order valence-corrected chi connectivity index (χ3v) is 3.56. The Morgan fingerprint density at radius 2 is 2.21 bits per heavy atom. The van der Waals surface area contributed by atoms with Crippen LogP contribution in [0.15, 0.2) is 5.16 Å². The predicted octanol–water partition coefficient (Wildman–Crippen LogP) is 0.853. The molecule has 0 aliphatic rings. The molecule has 0 aromatic carbocycles. The van der Waals surface area contributed by atoms with Gasteiger partial charge in [0.2, 0.25) is 5.95 Å². The van der Waals surface area contributed by atoms with Gasteiger partial charge < -0.3 is 14.7 Å². The van der Waals surface area contributed by atoms with Gasteiger partial charge in [0.15, 0.2) is 5.16 Å². The zero-order chi connectivity index (χ0) is 14.4. The molecule has 0 atom stereocenters. The van der Waals surface area contributed by atoms with E-state index in [1.807, 2.05) is 11.6 Å². The standard InChI is InChI=1S/C11H20N4O3S/c1-8(2)15(5-6-18-4)10-12-13-11(14(10)3)19-7-9(16)17/h8H,5-7H2,1-4H3,(H,16,17). The molecule has 1 aromatic heterocycles. The molecule has 8 heteroatoms. The van der Waals surface area contributed by atoms with Crippen molar-refractivity contribution >= 4 is 23.7 Å². The summed E-state index contributed by atoms with van der Waals surface area (Å²) in [5.74, 6) is -0.166. The lowest BCUT2D eigenvalue weighted by Gasteiger charge is -2.26. The molecule has 19 heavy (non-hydrogen) atoms. The lowest BCUT2D eigenvalue weighted by molar-refractivity contribution is -0.133. The Morgan fingerprint density at radius 1 is 1.53 bits per heavy atom. The van der Waals surface area contributed by atoms with Gasteiger partial charge in [-0.05, 0) is 13.8 Å². The summed E-state index contributed by atoms with van der Waals surface area (Å²) in [5.41, 5.74) is 0. The summed E-state index contributed by atoms with van der Waals surface area (Å²) in [6.07, 6.45) is 0. The zero-order valence-corrected chi connectivity index (χ0v) is 12.5. The second kappa shape index (κ2) is 7.34. The number of aliphatic carboxylic acids is 1. The molecule has 0 unspecified atom stereocenters.